The van der Waals surface area contributed by atoms with Gasteiger partial charge in [-0.15, -0.1) is 0 Å². The lowest BCUT2D eigenvalue weighted by molar-refractivity contribution is -0.138. The maximum atomic E-state index is 14.2. The lowest BCUT2D eigenvalue weighted by atomic mass is 10.0. The Kier molecular flexibility index (Phi) is 8.80. The number of amides is 4. The molecule has 0 aliphatic carbocycles. The Morgan fingerprint density at radius 1 is 1.06 bits per heavy atom. The van der Waals surface area contributed by atoms with Gasteiger partial charge in [-0.2, -0.15) is 0 Å². The summed E-state index contributed by atoms with van der Waals surface area (Å²) in [7, 11) is 0. The number of carbonyl (C=O) groups is 4. The number of halogens is 3. The number of hydrogen-bond acceptors (Lipinski definition) is 5. The molecule has 1 saturated heterocycles. The summed E-state index contributed by atoms with van der Waals surface area (Å²) in [5.74, 6) is -6.17. The zero-order valence-corrected chi connectivity index (χ0v) is 18.4. The van der Waals surface area contributed by atoms with Crippen LogP contribution < -0.4 is 22.1 Å². The van der Waals surface area contributed by atoms with Gasteiger partial charge in [0.25, 0.3) is 0 Å². The zero-order chi connectivity index (χ0) is 24.9. The summed E-state index contributed by atoms with van der Waals surface area (Å²) in [4.78, 5) is 50.1. The topological polar surface area (TPSA) is 148 Å². The van der Waals surface area contributed by atoms with E-state index in [2.05, 4.69) is 10.6 Å². The summed E-state index contributed by atoms with van der Waals surface area (Å²) < 4.78 is 41.2. The molecule has 1 heterocycles. The summed E-state index contributed by atoms with van der Waals surface area (Å²) in [5.41, 5.74) is 10.5. The van der Waals surface area contributed by atoms with E-state index in [1.54, 1.807) is 0 Å². The smallest absolute Gasteiger partial charge is 0.242 e. The number of hydrogen-bond donors (Lipinski definition) is 4. The second-order valence-electron chi connectivity index (χ2n) is 8.14. The highest BCUT2D eigenvalue weighted by molar-refractivity contribution is 5.90. The molecule has 1 aromatic rings. The van der Waals surface area contributed by atoms with E-state index in [0.29, 0.717) is 25.0 Å². The van der Waals surface area contributed by atoms with Crippen LogP contribution in [0.5, 0.6) is 0 Å². The van der Waals surface area contributed by atoms with Crippen molar-refractivity contribution in [2.75, 3.05) is 6.54 Å². The molecule has 3 unspecified atom stereocenters. The summed E-state index contributed by atoms with van der Waals surface area (Å²) >= 11 is 0. The first kappa shape index (κ1) is 26.1. The fourth-order valence-electron chi connectivity index (χ4n) is 3.59. The molecule has 0 spiro atoms. The van der Waals surface area contributed by atoms with Crippen molar-refractivity contribution < 1.29 is 32.3 Å². The molecule has 1 aliphatic rings. The third kappa shape index (κ3) is 6.91. The molecule has 4 atom stereocenters. The molecule has 0 bridgehead atoms. The van der Waals surface area contributed by atoms with Gasteiger partial charge in [0, 0.05) is 25.1 Å². The molecule has 2 rings (SSSR count). The number of nitrogens with zero attached hydrogens (tertiary/aromatic N) is 1. The van der Waals surface area contributed by atoms with Crippen molar-refractivity contribution >= 4 is 23.6 Å². The van der Waals surface area contributed by atoms with Crippen LogP contribution in [-0.2, 0) is 25.6 Å². The Morgan fingerprint density at radius 3 is 2.30 bits per heavy atom. The highest BCUT2D eigenvalue weighted by atomic mass is 19.2. The number of nitrogens with one attached hydrogen (secondary N) is 2. The predicted molar refractivity (Wildman–Crippen MR) is 112 cm³/mol. The van der Waals surface area contributed by atoms with E-state index < -0.39 is 65.2 Å². The highest BCUT2D eigenvalue weighted by Crippen LogP contribution is 2.21. The first-order chi connectivity index (χ1) is 15.4. The maximum Gasteiger partial charge on any atom is 0.242 e. The second kappa shape index (κ2) is 11.1. The van der Waals surface area contributed by atoms with Crippen molar-refractivity contribution in [1.82, 2.24) is 15.5 Å². The van der Waals surface area contributed by atoms with Gasteiger partial charge >= 0.3 is 0 Å². The van der Waals surface area contributed by atoms with Crippen molar-refractivity contribution in [2.24, 2.45) is 11.5 Å². The molecule has 6 N–H and O–H groups in total. The van der Waals surface area contributed by atoms with Crippen molar-refractivity contribution in [3.05, 3.63) is 35.1 Å². The van der Waals surface area contributed by atoms with Crippen LogP contribution in [0, 0.1) is 17.5 Å². The van der Waals surface area contributed by atoms with Crippen LogP contribution in [-0.4, -0.2) is 59.2 Å². The fraction of sp³-hybridized carbons (Fsp3) is 0.524. The van der Waals surface area contributed by atoms with Gasteiger partial charge in [0.15, 0.2) is 11.6 Å². The second-order valence-corrected chi connectivity index (χ2v) is 8.14. The average molecular weight is 471 g/mol. The molecule has 12 heteroatoms. The number of nitrogens with two attached hydrogens (primary N) is 2. The lowest BCUT2D eigenvalue weighted by Gasteiger charge is -2.27. The molecule has 0 aromatic heterocycles. The first-order valence-corrected chi connectivity index (χ1v) is 10.5. The van der Waals surface area contributed by atoms with Crippen LogP contribution in [0.4, 0.5) is 13.2 Å². The number of rotatable bonds is 9. The van der Waals surface area contributed by atoms with Crippen LogP contribution in [0.1, 0.15) is 38.7 Å². The Labute approximate surface area is 189 Å². The Hall–Kier alpha value is -3.15. The molecule has 1 fully saturated rings. The minimum absolute atomic E-state index is 0.257. The number of primary amides is 1. The van der Waals surface area contributed by atoms with Crippen molar-refractivity contribution in [1.29, 1.82) is 0 Å². The number of likely N-dealkylation sites (tertiary alicyclic amines) is 1. The van der Waals surface area contributed by atoms with Crippen LogP contribution in [0.15, 0.2) is 12.1 Å². The van der Waals surface area contributed by atoms with E-state index in [4.69, 9.17) is 11.5 Å². The van der Waals surface area contributed by atoms with Gasteiger partial charge in [-0.25, -0.2) is 13.2 Å². The van der Waals surface area contributed by atoms with Gasteiger partial charge in [-0.05, 0) is 44.7 Å². The quantitative estimate of drug-likeness (QED) is 0.370. The molecule has 4 amide bonds. The first-order valence-electron chi connectivity index (χ1n) is 10.5. The highest BCUT2D eigenvalue weighted by Gasteiger charge is 2.34. The molecule has 33 heavy (non-hydrogen) atoms. The van der Waals surface area contributed by atoms with E-state index >= 15 is 0 Å². The largest absolute Gasteiger partial charge is 0.368 e. The monoisotopic (exact) mass is 471 g/mol. The van der Waals surface area contributed by atoms with Crippen LogP contribution in [0.25, 0.3) is 0 Å². The minimum atomic E-state index is -1.37. The predicted octanol–water partition coefficient (Wildman–Crippen LogP) is -0.150. The molecule has 9 nitrogen and oxygen atoms in total. The SMILES string of the molecule is CC(N)C(=O)NC(C)C(=O)N[C@@H](CC(=O)N1CCCC1C(N)=O)Cc1cc(F)c(F)cc1F. The lowest BCUT2D eigenvalue weighted by Crippen LogP contribution is -2.53. The third-order valence-electron chi connectivity index (χ3n) is 5.39. The minimum Gasteiger partial charge on any atom is -0.368 e. The summed E-state index contributed by atoms with van der Waals surface area (Å²) in [5, 5.41) is 4.92. The summed E-state index contributed by atoms with van der Waals surface area (Å²) in [6.45, 7) is 3.10. The Bertz CT molecular complexity index is 927. The molecule has 182 valence electrons. The average Bonchev–Trinajstić information content (AvgIpc) is 3.22. The van der Waals surface area contributed by atoms with E-state index in [1.807, 2.05) is 0 Å². The van der Waals surface area contributed by atoms with Gasteiger partial charge < -0.3 is 27.0 Å². The summed E-state index contributed by atoms with van der Waals surface area (Å²) in [6.07, 6.45) is 0.260. The van der Waals surface area contributed by atoms with Crippen LogP contribution in [0.2, 0.25) is 0 Å². The molecule has 0 radical (unpaired) electrons. The molecule has 1 aliphatic heterocycles. The van der Waals surface area contributed by atoms with Crippen LogP contribution in [0.3, 0.4) is 0 Å². The van der Waals surface area contributed by atoms with Gasteiger partial charge in [0.1, 0.15) is 17.9 Å². The standard InChI is InChI=1S/C21H28F3N5O4/c1-10(25)20(32)27-11(2)21(33)28-13(6-12-7-15(23)16(24)9-14(12)22)8-18(30)29-5-3-4-17(29)19(26)31/h7,9-11,13,17H,3-6,8,25H2,1-2H3,(H2,26,31)(H,27,32)(H,28,33)/t10?,11?,13-,17?/m1/s1. The van der Waals surface area contributed by atoms with E-state index in [9.17, 15) is 32.3 Å². The Morgan fingerprint density at radius 2 is 1.70 bits per heavy atom. The fourth-order valence-corrected chi connectivity index (χ4v) is 3.59. The molecule has 0 saturated carbocycles. The number of benzene rings is 1. The molecular weight excluding hydrogens is 443 g/mol. The Balaban J connectivity index is 2.21. The maximum absolute atomic E-state index is 14.2. The zero-order valence-electron chi connectivity index (χ0n) is 18.4. The summed E-state index contributed by atoms with van der Waals surface area (Å²) in [6, 6.07) is -2.72. The van der Waals surface area contributed by atoms with Gasteiger partial charge in [-0.1, -0.05) is 0 Å². The van der Waals surface area contributed by atoms with Crippen molar-refractivity contribution in [3.8, 4) is 0 Å². The van der Waals surface area contributed by atoms with Gasteiger partial charge in [0.2, 0.25) is 23.6 Å². The van der Waals surface area contributed by atoms with Crippen LogP contribution >= 0.6 is 0 Å². The van der Waals surface area contributed by atoms with Crippen molar-refractivity contribution in [3.63, 3.8) is 0 Å². The van der Waals surface area contributed by atoms with Gasteiger partial charge in [-0.3, -0.25) is 19.2 Å². The number of carbonyl (C=O) groups excluding carboxylic acids is 4. The van der Waals surface area contributed by atoms with Crippen molar-refractivity contribution in [2.45, 2.75) is 63.7 Å². The molecule has 1 aromatic carbocycles. The third-order valence-corrected chi connectivity index (χ3v) is 5.39. The van der Waals surface area contributed by atoms with E-state index in [1.165, 1.54) is 18.7 Å². The van der Waals surface area contributed by atoms with E-state index in [-0.39, 0.29) is 24.9 Å². The van der Waals surface area contributed by atoms with Gasteiger partial charge in [0.05, 0.1) is 6.04 Å². The normalized spacial score (nSPS) is 18.4. The van der Waals surface area contributed by atoms with E-state index in [0.717, 1.165) is 0 Å². The molecular formula is C21H28F3N5O4.